The van der Waals surface area contributed by atoms with E-state index in [1.807, 2.05) is 0 Å². The van der Waals surface area contributed by atoms with Gasteiger partial charge in [0.2, 0.25) is 0 Å². The molecule has 0 amide bonds. The molecule has 0 aliphatic heterocycles. The van der Waals surface area contributed by atoms with Gasteiger partial charge in [-0.1, -0.05) is 6.92 Å². The molecule has 0 spiro atoms. The fourth-order valence-corrected chi connectivity index (χ4v) is 1.50. The van der Waals surface area contributed by atoms with Crippen molar-refractivity contribution < 1.29 is 0 Å². The van der Waals surface area contributed by atoms with E-state index >= 15 is 0 Å². The van der Waals surface area contributed by atoms with Gasteiger partial charge >= 0.3 is 0 Å². The van der Waals surface area contributed by atoms with Crippen molar-refractivity contribution in [3.63, 3.8) is 0 Å². The van der Waals surface area contributed by atoms with Gasteiger partial charge in [0.15, 0.2) is 0 Å². The van der Waals surface area contributed by atoms with E-state index in [1.165, 1.54) is 0 Å². The maximum Gasteiger partial charge on any atom is 0.0638 e. The Morgan fingerprint density at radius 2 is 1.92 bits per heavy atom. The van der Waals surface area contributed by atoms with Crippen LogP contribution in [0.15, 0.2) is 0 Å². The summed E-state index contributed by atoms with van der Waals surface area (Å²) in [5.74, 6) is 0. The lowest BCUT2D eigenvalue weighted by Gasteiger charge is -2.30. The molecule has 0 aliphatic rings. The van der Waals surface area contributed by atoms with Gasteiger partial charge in [0.05, 0.1) is 12.5 Å². The maximum absolute atomic E-state index is 8.56. The van der Waals surface area contributed by atoms with Crippen LogP contribution in [0.2, 0.25) is 0 Å². The Hall–Kier alpha value is -0.550. The molecular weight excluding hydrogens is 148 g/mol. The molecule has 0 bridgehead atoms. The summed E-state index contributed by atoms with van der Waals surface area (Å²) in [7, 11) is 0. The topological polar surface area (TPSA) is 27.0 Å². The summed E-state index contributed by atoms with van der Waals surface area (Å²) >= 11 is 0. The zero-order valence-electron chi connectivity index (χ0n) is 8.67. The Morgan fingerprint density at radius 3 is 2.25 bits per heavy atom. The first-order valence-corrected chi connectivity index (χ1v) is 4.76. The predicted molar refractivity (Wildman–Crippen MR) is 51.8 cm³/mol. The van der Waals surface area contributed by atoms with Crippen molar-refractivity contribution >= 4 is 0 Å². The highest BCUT2D eigenvalue weighted by molar-refractivity contribution is 4.81. The van der Waals surface area contributed by atoms with Crippen molar-refractivity contribution in [1.29, 1.82) is 5.26 Å². The number of hydrogen-bond acceptors (Lipinski definition) is 2. The Balaban J connectivity index is 4.01. The smallest absolute Gasteiger partial charge is 0.0638 e. The SMILES string of the molecule is CCCN(C(C)C)C(C)CC#N. The molecule has 0 radical (unpaired) electrons. The minimum absolute atomic E-state index is 0.398. The van der Waals surface area contributed by atoms with E-state index in [-0.39, 0.29) is 0 Å². The summed E-state index contributed by atoms with van der Waals surface area (Å²) in [6, 6.07) is 3.17. The fraction of sp³-hybridized carbons (Fsp3) is 0.900. The zero-order chi connectivity index (χ0) is 9.56. The minimum atomic E-state index is 0.398. The predicted octanol–water partition coefficient (Wildman–Crippen LogP) is 2.41. The van der Waals surface area contributed by atoms with Crippen LogP contribution < -0.4 is 0 Å². The van der Waals surface area contributed by atoms with Gasteiger partial charge in [-0.15, -0.1) is 0 Å². The molecular formula is C10H20N2. The summed E-state index contributed by atoms with van der Waals surface area (Å²) in [5.41, 5.74) is 0. The zero-order valence-corrected chi connectivity index (χ0v) is 8.67. The monoisotopic (exact) mass is 168 g/mol. The normalized spacial score (nSPS) is 13.4. The van der Waals surface area contributed by atoms with Crippen molar-refractivity contribution in [3.05, 3.63) is 0 Å². The van der Waals surface area contributed by atoms with Crippen LogP contribution in [-0.4, -0.2) is 23.5 Å². The van der Waals surface area contributed by atoms with E-state index in [0.717, 1.165) is 13.0 Å². The molecule has 0 aromatic carbocycles. The molecule has 0 rings (SSSR count). The highest BCUT2D eigenvalue weighted by atomic mass is 15.2. The van der Waals surface area contributed by atoms with Gasteiger partial charge in [-0.25, -0.2) is 0 Å². The van der Waals surface area contributed by atoms with E-state index in [2.05, 4.69) is 38.7 Å². The van der Waals surface area contributed by atoms with Gasteiger partial charge < -0.3 is 0 Å². The lowest BCUT2D eigenvalue weighted by Crippen LogP contribution is -2.39. The van der Waals surface area contributed by atoms with Crippen LogP contribution in [0.3, 0.4) is 0 Å². The van der Waals surface area contributed by atoms with Crippen LogP contribution in [0.25, 0.3) is 0 Å². The van der Waals surface area contributed by atoms with Crippen molar-refractivity contribution in [2.75, 3.05) is 6.54 Å². The summed E-state index contributed by atoms with van der Waals surface area (Å²) in [6.07, 6.45) is 1.80. The largest absolute Gasteiger partial charge is 0.297 e. The number of nitriles is 1. The highest BCUT2D eigenvalue weighted by Crippen LogP contribution is 2.08. The first kappa shape index (κ1) is 11.4. The van der Waals surface area contributed by atoms with Gasteiger partial charge in [0.1, 0.15) is 0 Å². The van der Waals surface area contributed by atoms with E-state index < -0.39 is 0 Å². The first-order valence-electron chi connectivity index (χ1n) is 4.76. The molecule has 0 aromatic heterocycles. The standard InChI is InChI=1S/C10H20N2/c1-5-8-12(9(2)3)10(4)6-7-11/h9-10H,5-6,8H2,1-4H3. The molecule has 0 saturated heterocycles. The van der Waals surface area contributed by atoms with E-state index in [9.17, 15) is 0 Å². The molecule has 0 heterocycles. The van der Waals surface area contributed by atoms with E-state index in [1.54, 1.807) is 0 Å². The molecule has 2 heteroatoms. The minimum Gasteiger partial charge on any atom is -0.297 e. The molecule has 0 N–H and O–H groups in total. The van der Waals surface area contributed by atoms with Gasteiger partial charge in [-0.3, -0.25) is 4.90 Å². The third-order valence-corrected chi connectivity index (χ3v) is 2.10. The second-order valence-corrected chi connectivity index (χ2v) is 3.54. The van der Waals surface area contributed by atoms with Gasteiger partial charge in [0, 0.05) is 12.1 Å². The molecule has 0 aliphatic carbocycles. The van der Waals surface area contributed by atoms with Gasteiger partial charge in [-0.05, 0) is 33.7 Å². The van der Waals surface area contributed by atoms with Crippen molar-refractivity contribution in [2.45, 2.75) is 52.6 Å². The van der Waals surface area contributed by atoms with Crippen LogP contribution in [0.5, 0.6) is 0 Å². The second kappa shape index (κ2) is 6.02. The van der Waals surface area contributed by atoms with Gasteiger partial charge in [0.25, 0.3) is 0 Å². The Kier molecular flexibility index (Phi) is 5.74. The number of rotatable bonds is 5. The number of nitrogens with zero attached hydrogens (tertiary/aromatic N) is 2. The molecule has 1 atom stereocenters. The lowest BCUT2D eigenvalue weighted by molar-refractivity contribution is 0.166. The van der Waals surface area contributed by atoms with Crippen LogP contribution in [0.4, 0.5) is 0 Å². The van der Waals surface area contributed by atoms with Crippen LogP contribution in [-0.2, 0) is 0 Å². The average molecular weight is 168 g/mol. The third kappa shape index (κ3) is 3.73. The first-order chi connectivity index (χ1) is 5.63. The average Bonchev–Trinajstić information content (AvgIpc) is 1.99. The molecule has 1 unspecified atom stereocenters. The number of hydrogen-bond donors (Lipinski definition) is 0. The quantitative estimate of drug-likeness (QED) is 0.630. The Morgan fingerprint density at radius 1 is 1.33 bits per heavy atom. The fourth-order valence-electron chi connectivity index (χ4n) is 1.50. The molecule has 70 valence electrons. The summed E-state index contributed by atoms with van der Waals surface area (Å²) < 4.78 is 0. The Labute approximate surface area is 76.2 Å². The molecule has 0 aromatic rings. The summed E-state index contributed by atoms with van der Waals surface area (Å²) in [6.45, 7) is 9.76. The Bertz CT molecular complexity index is 146. The molecule has 0 fully saturated rings. The van der Waals surface area contributed by atoms with Crippen molar-refractivity contribution in [2.24, 2.45) is 0 Å². The van der Waals surface area contributed by atoms with E-state index in [4.69, 9.17) is 5.26 Å². The lowest BCUT2D eigenvalue weighted by atomic mass is 10.1. The van der Waals surface area contributed by atoms with E-state index in [0.29, 0.717) is 18.5 Å². The molecule has 0 saturated carbocycles. The second-order valence-electron chi connectivity index (χ2n) is 3.54. The summed E-state index contributed by atoms with van der Waals surface area (Å²) in [4.78, 5) is 2.38. The maximum atomic E-state index is 8.56. The summed E-state index contributed by atoms with van der Waals surface area (Å²) in [5, 5.41) is 8.56. The molecule has 2 nitrogen and oxygen atoms in total. The van der Waals surface area contributed by atoms with Crippen LogP contribution in [0, 0.1) is 11.3 Å². The van der Waals surface area contributed by atoms with Crippen molar-refractivity contribution in [1.82, 2.24) is 4.90 Å². The van der Waals surface area contributed by atoms with Crippen molar-refractivity contribution in [3.8, 4) is 6.07 Å². The highest BCUT2D eigenvalue weighted by Gasteiger charge is 2.14. The van der Waals surface area contributed by atoms with Crippen LogP contribution in [0.1, 0.15) is 40.5 Å². The third-order valence-electron chi connectivity index (χ3n) is 2.10. The van der Waals surface area contributed by atoms with Crippen LogP contribution >= 0.6 is 0 Å². The van der Waals surface area contributed by atoms with Gasteiger partial charge in [-0.2, -0.15) is 5.26 Å². The molecule has 12 heavy (non-hydrogen) atoms.